The normalized spacial score (nSPS) is 15.7. The Labute approximate surface area is 135 Å². The highest BCUT2D eigenvalue weighted by Crippen LogP contribution is 2.13. The van der Waals surface area contributed by atoms with E-state index in [1.807, 2.05) is 44.4 Å². The zero-order valence-corrected chi connectivity index (χ0v) is 13.6. The van der Waals surface area contributed by atoms with Gasteiger partial charge in [0.25, 0.3) is 0 Å². The van der Waals surface area contributed by atoms with Gasteiger partial charge in [-0.3, -0.25) is 14.4 Å². The topological polar surface area (TPSA) is 66.3 Å². The molecule has 1 saturated heterocycles. The van der Waals surface area contributed by atoms with Crippen molar-refractivity contribution < 1.29 is 4.79 Å². The second-order valence-corrected chi connectivity index (χ2v) is 5.79. The summed E-state index contributed by atoms with van der Waals surface area (Å²) in [4.78, 5) is 21.0. The van der Waals surface area contributed by atoms with Crippen LogP contribution < -0.4 is 10.2 Å². The van der Waals surface area contributed by atoms with Gasteiger partial charge in [0.2, 0.25) is 5.91 Å². The Hall–Kier alpha value is -2.41. The molecule has 3 heterocycles. The fourth-order valence-corrected chi connectivity index (χ4v) is 2.79. The molecule has 3 rings (SSSR count). The lowest BCUT2D eigenvalue weighted by atomic mass is 10.3. The SMILES string of the molecule is Cc1cc(NC(=O)CN2CCN(c3ccccn3)CC2)n(C)n1. The molecule has 122 valence electrons. The third-order valence-corrected chi connectivity index (χ3v) is 3.98. The summed E-state index contributed by atoms with van der Waals surface area (Å²) in [5.41, 5.74) is 0.895. The van der Waals surface area contributed by atoms with Crippen LogP contribution >= 0.6 is 0 Å². The van der Waals surface area contributed by atoms with Gasteiger partial charge >= 0.3 is 0 Å². The molecule has 7 heteroatoms. The Balaban J connectivity index is 1.49. The lowest BCUT2D eigenvalue weighted by Crippen LogP contribution is -2.49. The Morgan fingerprint density at radius 1 is 1.26 bits per heavy atom. The molecule has 0 atom stereocenters. The van der Waals surface area contributed by atoms with E-state index in [0.29, 0.717) is 6.54 Å². The molecule has 0 unspecified atom stereocenters. The second kappa shape index (κ2) is 6.78. The first-order chi connectivity index (χ1) is 11.1. The molecule has 0 saturated carbocycles. The largest absolute Gasteiger partial charge is 0.354 e. The highest BCUT2D eigenvalue weighted by atomic mass is 16.2. The number of nitrogens with zero attached hydrogens (tertiary/aromatic N) is 5. The van der Waals surface area contributed by atoms with Crippen LogP contribution in [-0.2, 0) is 11.8 Å². The molecule has 0 bridgehead atoms. The Morgan fingerprint density at radius 3 is 2.65 bits per heavy atom. The zero-order chi connectivity index (χ0) is 16.2. The van der Waals surface area contributed by atoms with Gasteiger partial charge < -0.3 is 10.2 Å². The predicted octanol–water partition coefficient (Wildman–Crippen LogP) is 0.884. The third kappa shape index (κ3) is 3.87. The lowest BCUT2D eigenvalue weighted by molar-refractivity contribution is -0.117. The maximum absolute atomic E-state index is 12.2. The van der Waals surface area contributed by atoms with Crippen molar-refractivity contribution in [2.24, 2.45) is 7.05 Å². The Bertz CT molecular complexity index is 660. The molecule has 23 heavy (non-hydrogen) atoms. The van der Waals surface area contributed by atoms with E-state index in [1.165, 1.54) is 0 Å². The second-order valence-electron chi connectivity index (χ2n) is 5.79. The minimum absolute atomic E-state index is 0.000661. The summed E-state index contributed by atoms with van der Waals surface area (Å²) < 4.78 is 1.69. The molecule has 0 aliphatic carbocycles. The summed E-state index contributed by atoms with van der Waals surface area (Å²) in [6.45, 7) is 5.79. The highest BCUT2D eigenvalue weighted by Gasteiger charge is 2.20. The summed E-state index contributed by atoms with van der Waals surface area (Å²) in [6, 6.07) is 7.81. The number of pyridine rings is 1. The fraction of sp³-hybridized carbons (Fsp3) is 0.438. The third-order valence-electron chi connectivity index (χ3n) is 3.98. The minimum atomic E-state index is -0.000661. The number of amides is 1. The van der Waals surface area contributed by atoms with Gasteiger partial charge in [-0.2, -0.15) is 5.10 Å². The van der Waals surface area contributed by atoms with Gasteiger partial charge in [0.15, 0.2) is 0 Å². The standard InChI is InChI=1S/C16H22N6O/c1-13-11-15(20(2)19-13)18-16(23)12-21-7-9-22(10-8-21)14-5-3-4-6-17-14/h3-6,11H,7-10,12H2,1-2H3,(H,18,23). The van der Waals surface area contributed by atoms with Gasteiger partial charge in [-0.25, -0.2) is 4.98 Å². The van der Waals surface area contributed by atoms with Gasteiger partial charge in [0.1, 0.15) is 11.6 Å². The van der Waals surface area contributed by atoms with E-state index in [1.54, 1.807) is 4.68 Å². The molecule has 7 nitrogen and oxygen atoms in total. The molecular weight excluding hydrogens is 292 g/mol. The van der Waals surface area contributed by atoms with Crippen LogP contribution in [0.1, 0.15) is 5.69 Å². The smallest absolute Gasteiger partial charge is 0.239 e. The van der Waals surface area contributed by atoms with Crippen LogP contribution in [0.3, 0.4) is 0 Å². The van der Waals surface area contributed by atoms with Crippen molar-refractivity contribution >= 4 is 17.5 Å². The average molecular weight is 314 g/mol. The molecule has 1 amide bonds. The fourth-order valence-electron chi connectivity index (χ4n) is 2.79. The average Bonchev–Trinajstić information content (AvgIpc) is 2.86. The molecule has 1 aliphatic heterocycles. The number of rotatable bonds is 4. The van der Waals surface area contributed by atoms with Crippen molar-refractivity contribution in [1.29, 1.82) is 0 Å². The van der Waals surface area contributed by atoms with Gasteiger partial charge in [0.05, 0.1) is 12.2 Å². The number of hydrogen-bond acceptors (Lipinski definition) is 5. The Kier molecular flexibility index (Phi) is 4.57. The first-order valence-electron chi connectivity index (χ1n) is 7.80. The number of nitrogens with one attached hydrogen (secondary N) is 1. The van der Waals surface area contributed by atoms with Gasteiger partial charge in [-0.05, 0) is 19.1 Å². The summed E-state index contributed by atoms with van der Waals surface area (Å²) in [7, 11) is 1.83. The monoisotopic (exact) mass is 314 g/mol. The molecular formula is C16H22N6O. The predicted molar refractivity (Wildman–Crippen MR) is 89.5 cm³/mol. The van der Waals surface area contributed by atoms with Gasteiger partial charge in [0, 0.05) is 45.5 Å². The van der Waals surface area contributed by atoms with Crippen molar-refractivity contribution in [1.82, 2.24) is 19.7 Å². The number of anilines is 2. The van der Waals surface area contributed by atoms with E-state index in [4.69, 9.17) is 0 Å². The number of carbonyl (C=O) groups is 1. The summed E-state index contributed by atoms with van der Waals surface area (Å²) >= 11 is 0. The quantitative estimate of drug-likeness (QED) is 0.908. The van der Waals surface area contributed by atoms with Gasteiger partial charge in [-0.15, -0.1) is 0 Å². The van der Waals surface area contributed by atoms with Crippen molar-refractivity contribution in [2.75, 3.05) is 42.9 Å². The van der Waals surface area contributed by atoms with E-state index >= 15 is 0 Å². The number of aromatic nitrogens is 3. The van der Waals surface area contributed by atoms with Crippen LogP contribution in [0.15, 0.2) is 30.5 Å². The molecule has 1 N–H and O–H groups in total. The Morgan fingerprint density at radius 2 is 2.04 bits per heavy atom. The van der Waals surface area contributed by atoms with Crippen LogP contribution in [-0.4, -0.2) is 58.3 Å². The number of aryl methyl sites for hydroxylation is 2. The van der Waals surface area contributed by atoms with Crippen LogP contribution in [0.5, 0.6) is 0 Å². The summed E-state index contributed by atoms with van der Waals surface area (Å²) in [5.74, 6) is 1.74. The van der Waals surface area contributed by atoms with Crippen molar-refractivity contribution in [3.05, 3.63) is 36.2 Å². The lowest BCUT2D eigenvalue weighted by Gasteiger charge is -2.34. The number of carbonyl (C=O) groups excluding carboxylic acids is 1. The molecule has 2 aromatic heterocycles. The first kappa shape index (κ1) is 15.5. The van der Waals surface area contributed by atoms with E-state index < -0.39 is 0 Å². The van der Waals surface area contributed by atoms with Crippen molar-refractivity contribution in [3.63, 3.8) is 0 Å². The molecule has 0 radical (unpaired) electrons. The van der Waals surface area contributed by atoms with Crippen LogP contribution in [0, 0.1) is 6.92 Å². The first-order valence-corrected chi connectivity index (χ1v) is 7.80. The molecule has 2 aromatic rings. The van der Waals surface area contributed by atoms with Crippen LogP contribution in [0.2, 0.25) is 0 Å². The molecule has 1 fully saturated rings. The van der Waals surface area contributed by atoms with Crippen molar-refractivity contribution in [2.45, 2.75) is 6.92 Å². The van der Waals surface area contributed by atoms with Crippen LogP contribution in [0.25, 0.3) is 0 Å². The molecule has 0 aromatic carbocycles. The van der Waals surface area contributed by atoms with E-state index in [2.05, 4.69) is 25.2 Å². The maximum atomic E-state index is 12.2. The number of hydrogen-bond donors (Lipinski definition) is 1. The van der Waals surface area contributed by atoms with Gasteiger partial charge in [-0.1, -0.05) is 6.07 Å². The zero-order valence-electron chi connectivity index (χ0n) is 13.6. The van der Waals surface area contributed by atoms with E-state index in [-0.39, 0.29) is 5.91 Å². The van der Waals surface area contributed by atoms with E-state index in [9.17, 15) is 4.79 Å². The molecule has 1 aliphatic rings. The summed E-state index contributed by atoms with van der Waals surface area (Å²) in [5, 5.41) is 7.14. The summed E-state index contributed by atoms with van der Waals surface area (Å²) in [6.07, 6.45) is 1.81. The van der Waals surface area contributed by atoms with E-state index in [0.717, 1.165) is 43.5 Å². The minimum Gasteiger partial charge on any atom is -0.354 e. The molecule has 0 spiro atoms. The highest BCUT2D eigenvalue weighted by molar-refractivity contribution is 5.91. The van der Waals surface area contributed by atoms with Crippen molar-refractivity contribution in [3.8, 4) is 0 Å². The maximum Gasteiger partial charge on any atom is 0.239 e. The van der Waals surface area contributed by atoms with Crippen LogP contribution in [0.4, 0.5) is 11.6 Å². The number of piperazine rings is 1.